The molecular weight excluding hydrogens is 176 g/mol. The molecule has 0 aromatic rings. The molecule has 0 radical (unpaired) electrons. The van der Waals surface area contributed by atoms with Crippen molar-refractivity contribution in [2.45, 2.75) is 25.8 Å². The number of nitrogens with one attached hydrogen (secondary N) is 2. The van der Waals surface area contributed by atoms with E-state index in [0.29, 0.717) is 0 Å². The van der Waals surface area contributed by atoms with E-state index in [4.69, 9.17) is 12.8 Å². The molecule has 0 aliphatic carbocycles. The normalized spacial score (nSPS) is 11.1. The van der Waals surface area contributed by atoms with Crippen molar-refractivity contribution >= 4 is 5.91 Å². The Balaban J connectivity index is 3.53. The van der Waals surface area contributed by atoms with Crippen LogP contribution in [0.4, 0.5) is 0 Å². The summed E-state index contributed by atoms with van der Waals surface area (Å²) in [6.45, 7) is 2.81. The van der Waals surface area contributed by atoms with E-state index in [1.165, 1.54) is 0 Å². The van der Waals surface area contributed by atoms with E-state index in [2.05, 4.69) is 22.5 Å². The maximum absolute atomic E-state index is 11.3. The number of hydrogen-bond donors (Lipinski definition) is 2. The van der Waals surface area contributed by atoms with Gasteiger partial charge in [-0.1, -0.05) is 5.92 Å². The van der Waals surface area contributed by atoms with Crippen LogP contribution in [0.5, 0.6) is 0 Å². The predicted molar refractivity (Wildman–Crippen MR) is 57.4 cm³/mol. The zero-order chi connectivity index (χ0) is 10.8. The fourth-order valence-corrected chi connectivity index (χ4v) is 0.893. The molecule has 1 amide bonds. The van der Waals surface area contributed by atoms with Gasteiger partial charge < -0.3 is 10.6 Å². The first-order valence-electron chi connectivity index (χ1n) is 4.60. The molecule has 1 atom stereocenters. The molecule has 0 saturated carbocycles. The number of terminal acetylenes is 2. The molecule has 0 fully saturated rings. The van der Waals surface area contributed by atoms with E-state index in [-0.39, 0.29) is 18.5 Å². The molecule has 0 heterocycles. The van der Waals surface area contributed by atoms with E-state index < -0.39 is 0 Å². The Morgan fingerprint density at radius 3 is 2.71 bits per heavy atom. The van der Waals surface area contributed by atoms with E-state index in [0.717, 1.165) is 19.4 Å². The van der Waals surface area contributed by atoms with Gasteiger partial charge in [0, 0.05) is 6.42 Å². The molecule has 1 unspecified atom stereocenters. The number of hydrogen-bond acceptors (Lipinski definition) is 2. The van der Waals surface area contributed by atoms with Gasteiger partial charge in [0.25, 0.3) is 0 Å². The summed E-state index contributed by atoms with van der Waals surface area (Å²) in [4.78, 5) is 11.3. The van der Waals surface area contributed by atoms with Crippen molar-refractivity contribution in [1.82, 2.24) is 10.6 Å². The standard InChI is InChI=1S/C11H16N2O/c1-4-6-7-9-12-10(3)11(14)13-8-5-2/h1-2,10,12H,6-9H2,3H3,(H,13,14). The van der Waals surface area contributed by atoms with Crippen molar-refractivity contribution < 1.29 is 4.79 Å². The lowest BCUT2D eigenvalue weighted by molar-refractivity contribution is -0.122. The first kappa shape index (κ1) is 12.6. The average molecular weight is 192 g/mol. The van der Waals surface area contributed by atoms with E-state index in [9.17, 15) is 4.79 Å². The van der Waals surface area contributed by atoms with Crippen LogP contribution in [0.2, 0.25) is 0 Å². The van der Waals surface area contributed by atoms with Crippen molar-refractivity contribution in [1.29, 1.82) is 0 Å². The van der Waals surface area contributed by atoms with Crippen molar-refractivity contribution in [3.63, 3.8) is 0 Å². The Hall–Kier alpha value is -1.45. The minimum Gasteiger partial charge on any atom is -0.344 e. The summed E-state index contributed by atoms with van der Waals surface area (Å²) >= 11 is 0. The molecule has 3 nitrogen and oxygen atoms in total. The van der Waals surface area contributed by atoms with Gasteiger partial charge >= 0.3 is 0 Å². The van der Waals surface area contributed by atoms with Gasteiger partial charge in [0.2, 0.25) is 5.91 Å². The Morgan fingerprint density at radius 2 is 2.14 bits per heavy atom. The molecule has 0 aromatic heterocycles. The van der Waals surface area contributed by atoms with Crippen molar-refractivity contribution in [3.8, 4) is 24.7 Å². The minimum absolute atomic E-state index is 0.0799. The van der Waals surface area contributed by atoms with Crippen LogP contribution in [-0.2, 0) is 4.79 Å². The highest BCUT2D eigenvalue weighted by Gasteiger charge is 2.09. The first-order chi connectivity index (χ1) is 6.72. The lowest BCUT2D eigenvalue weighted by Crippen LogP contribution is -2.42. The third-order valence-corrected chi connectivity index (χ3v) is 1.71. The van der Waals surface area contributed by atoms with Crippen LogP contribution in [-0.4, -0.2) is 25.0 Å². The molecule has 76 valence electrons. The van der Waals surface area contributed by atoms with Crippen molar-refractivity contribution in [2.75, 3.05) is 13.1 Å². The topological polar surface area (TPSA) is 41.1 Å². The highest BCUT2D eigenvalue weighted by atomic mass is 16.2. The highest BCUT2D eigenvalue weighted by Crippen LogP contribution is 1.86. The SMILES string of the molecule is C#CCCCNC(C)C(=O)NCC#C. The number of unbranched alkanes of at least 4 members (excludes halogenated alkanes) is 1. The van der Waals surface area contributed by atoms with Crippen LogP contribution in [0.1, 0.15) is 19.8 Å². The molecule has 0 aliphatic rings. The lowest BCUT2D eigenvalue weighted by atomic mass is 10.2. The summed E-state index contributed by atoms with van der Waals surface area (Å²) in [6, 6.07) is -0.221. The number of amides is 1. The molecule has 2 N–H and O–H groups in total. The molecule has 14 heavy (non-hydrogen) atoms. The summed E-state index contributed by atoms with van der Waals surface area (Å²) < 4.78 is 0. The largest absolute Gasteiger partial charge is 0.344 e. The van der Waals surface area contributed by atoms with Crippen LogP contribution < -0.4 is 10.6 Å². The second-order valence-electron chi connectivity index (χ2n) is 2.91. The van der Waals surface area contributed by atoms with Crippen LogP contribution in [0.25, 0.3) is 0 Å². The Morgan fingerprint density at radius 1 is 1.43 bits per heavy atom. The van der Waals surface area contributed by atoms with E-state index in [1.807, 2.05) is 0 Å². The summed E-state index contributed by atoms with van der Waals surface area (Å²) in [5.74, 6) is 4.80. The van der Waals surface area contributed by atoms with E-state index >= 15 is 0 Å². The molecule has 0 rings (SSSR count). The monoisotopic (exact) mass is 192 g/mol. The maximum Gasteiger partial charge on any atom is 0.237 e. The third-order valence-electron chi connectivity index (χ3n) is 1.71. The van der Waals surface area contributed by atoms with Crippen molar-refractivity contribution in [3.05, 3.63) is 0 Å². The van der Waals surface area contributed by atoms with Gasteiger partial charge in [-0.05, 0) is 19.9 Å². The highest BCUT2D eigenvalue weighted by molar-refractivity contribution is 5.81. The second kappa shape index (κ2) is 8.16. The molecular formula is C11H16N2O. The minimum atomic E-state index is -0.221. The van der Waals surface area contributed by atoms with Crippen LogP contribution in [0, 0.1) is 24.7 Å². The van der Waals surface area contributed by atoms with Gasteiger partial charge in [0.1, 0.15) is 0 Å². The first-order valence-corrected chi connectivity index (χ1v) is 4.60. The Kier molecular flexibility index (Phi) is 7.32. The quantitative estimate of drug-likeness (QED) is 0.464. The van der Waals surface area contributed by atoms with Crippen LogP contribution >= 0.6 is 0 Å². The average Bonchev–Trinajstić information content (AvgIpc) is 2.20. The fourth-order valence-electron chi connectivity index (χ4n) is 0.893. The van der Waals surface area contributed by atoms with Crippen molar-refractivity contribution in [2.24, 2.45) is 0 Å². The molecule has 3 heteroatoms. The summed E-state index contributed by atoms with van der Waals surface area (Å²) in [6.07, 6.45) is 11.7. The second-order valence-corrected chi connectivity index (χ2v) is 2.91. The van der Waals surface area contributed by atoms with Crippen LogP contribution in [0.3, 0.4) is 0 Å². The van der Waals surface area contributed by atoms with Gasteiger partial charge in [0.05, 0.1) is 12.6 Å². The molecule has 0 aromatic carbocycles. The van der Waals surface area contributed by atoms with Gasteiger partial charge in [-0.3, -0.25) is 4.79 Å². The fraction of sp³-hybridized carbons (Fsp3) is 0.545. The summed E-state index contributed by atoms with van der Waals surface area (Å²) in [5.41, 5.74) is 0. The third kappa shape index (κ3) is 6.11. The Labute approximate surface area is 85.6 Å². The van der Waals surface area contributed by atoms with Gasteiger partial charge in [0.15, 0.2) is 0 Å². The maximum atomic E-state index is 11.3. The number of rotatable bonds is 6. The van der Waals surface area contributed by atoms with Crippen LogP contribution in [0.15, 0.2) is 0 Å². The smallest absolute Gasteiger partial charge is 0.237 e. The number of carbonyl (C=O) groups is 1. The predicted octanol–water partition coefficient (Wildman–Crippen LogP) is 0.127. The summed E-state index contributed by atoms with van der Waals surface area (Å²) in [5, 5.41) is 5.65. The van der Waals surface area contributed by atoms with E-state index in [1.54, 1.807) is 6.92 Å². The molecule has 0 bridgehead atoms. The number of carbonyl (C=O) groups excluding carboxylic acids is 1. The summed E-state index contributed by atoms with van der Waals surface area (Å²) in [7, 11) is 0. The molecule has 0 saturated heterocycles. The molecule has 0 spiro atoms. The van der Waals surface area contributed by atoms with Gasteiger partial charge in [-0.25, -0.2) is 0 Å². The van der Waals surface area contributed by atoms with Gasteiger partial charge in [-0.15, -0.1) is 18.8 Å². The Bertz CT molecular complexity index is 247. The molecule has 0 aliphatic heterocycles. The zero-order valence-electron chi connectivity index (χ0n) is 8.47. The zero-order valence-corrected chi connectivity index (χ0v) is 8.47. The van der Waals surface area contributed by atoms with Gasteiger partial charge in [-0.2, -0.15) is 0 Å². The lowest BCUT2D eigenvalue weighted by Gasteiger charge is -2.11.